The van der Waals surface area contributed by atoms with Crippen LogP contribution in [0.1, 0.15) is 36.6 Å². The van der Waals surface area contributed by atoms with E-state index in [9.17, 15) is 13.2 Å². The van der Waals surface area contributed by atoms with Crippen LogP contribution < -0.4 is 9.62 Å². The van der Waals surface area contributed by atoms with E-state index in [1.54, 1.807) is 37.3 Å². The lowest BCUT2D eigenvalue weighted by molar-refractivity contribution is -0.122. The molecule has 0 unspecified atom stereocenters. The van der Waals surface area contributed by atoms with Gasteiger partial charge in [0.1, 0.15) is 6.04 Å². The van der Waals surface area contributed by atoms with E-state index < -0.39 is 16.1 Å². The number of anilines is 1. The van der Waals surface area contributed by atoms with Crippen molar-refractivity contribution < 1.29 is 13.2 Å². The van der Waals surface area contributed by atoms with Crippen molar-refractivity contribution in [2.24, 2.45) is 0 Å². The van der Waals surface area contributed by atoms with E-state index >= 15 is 0 Å². The summed E-state index contributed by atoms with van der Waals surface area (Å²) in [6.07, 6.45) is 1.11. The summed E-state index contributed by atoms with van der Waals surface area (Å²) in [5.74, 6) is -0.341. The molecule has 0 heterocycles. The van der Waals surface area contributed by atoms with Gasteiger partial charge in [-0.25, -0.2) is 8.42 Å². The summed E-state index contributed by atoms with van der Waals surface area (Å²) in [5.41, 5.74) is 3.73. The van der Waals surface area contributed by atoms with Crippen LogP contribution in [0.5, 0.6) is 0 Å². The van der Waals surface area contributed by atoms with Crippen molar-refractivity contribution in [3.63, 3.8) is 0 Å². The molecule has 140 valence electrons. The third-order valence-corrected chi connectivity index (χ3v) is 5.59. The van der Waals surface area contributed by atoms with Crippen molar-refractivity contribution in [1.82, 2.24) is 5.32 Å². The number of carbonyl (C=O) groups excluding carboxylic acids is 1. The number of sulfonamides is 1. The lowest BCUT2D eigenvalue weighted by Crippen LogP contribution is -2.48. The van der Waals surface area contributed by atoms with Gasteiger partial charge in [0.15, 0.2) is 0 Å². The number of rotatable bonds is 6. The van der Waals surface area contributed by atoms with Gasteiger partial charge in [0.05, 0.1) is 18.0 Å². The van der Waals surface area contributed by atoms with Gasteiger partial charge >= 0.3 is 0 Å². The number of hydrogen-bond acceptors (Lipinski definition) is 3. The predicted octanol–water partition coefficient (Wildman–Crippen LogP) is 3.34. The van der Waals surface area contributed by atoms with Gasteiger partial charge in [-0.05, 0) is 51.0 Å². The van der Waals surface area contributed by atoms with Crippen molar-refractivity contribution in [1.29, 1.82) is 0 Å². The fourth-order valence-electron chi connectivity index (χ4n) is 3.11. The minimum absolute atomic E-state index is 0.220. The predicted molar refractivity (Wildman–Crippen MR) is 106 cm³/mol. The Balaban J connectivity index is 2.24. The van der Waals surface area contributed by atoms with Crippen LogP contribution in [0.4, 0.5) is 5.69 Å². The standard InChI is InChI=1S/C20H26N2O3S/c1-14-11-12-19(15(2)13-14)16(3)21-20(23)17(4)22(26(5,24)25)18-9-7-6-8-10-18/h6-13,16-17H,1-5H3,(H,21,23)/t16-,17+/m1/s1. The molecule has 6 heteroatoms. The molecule has 0 aromatic heterocycles. The lowest BCUT2D eigenvalue weighted by atomic mass is 10.00. The summed E-state index contributed by atoms with van der Waals surface area (Å²) in [6, 6.07) is 13.6. The Morgan fingerprint density at radius 1 is 1.04 bits per heavy atom. The molecule has 0 aliphatic carbocycles. The fraction of sp³-hybridized carbons (Fsp3) is 0.350. The molecular weight excluding hydrogens is 348 g/mol. The number of carbonyl (C=O) groups is 1. The van der Waals surface area contributed by atoms with Crippen LogP contribution in [0.25, 0.3) is 0 Å². The van der Waals surface area contributed by atoms with Crippen molar-refractivity contribution in [2.45, 2.75) is 39.8 Å². The van der Waals surface area contributed by atoms with Crippen LogP contribution in [0, 0.1) is 13.8 Å². The summed E-state index contributed by atoms with van der Waals surface area (Å²) in [5, 5.41) is 2.93. The SMILES string of the molecule is Cc1ccc([C@@H](C)NC(=O)[C@H](C)N(c2ccccc2)S(C)(=O)=O)c(C)c1. The molecule has 2 rings (SSSR count). The Morgan fingerprint density at radius 2 is 1.65 bits per heavy atom. The Morgan fingerprint density at radius 3 is 2.19 bits per heavy atom. The maximum absolute atomic E-state index is 12.7. The first-order valence-corrected chi connectivity index (χ1v) is 10.4. The van der Waals surface area contributed by atoms with E-state index in [-0.39, 0.29) is 11.9 Å². The molecule has 5 nitrogen and oxygen atoms in total. The number of benzene rings is 2. The highest BCUT2D eigenvalue weighted by Gasteiger charge is 2.29. The monoisotopic (exact) mass is 374 g/mol. The van der Waals surface area contributed by atoms with Crippen molar-refractivity contribution in [3.05, 3.63) is 65.2 Å². The fourth-order valence-corrected chi connectivity index (χ4v) is 4.28. The van der Waals surface area contributed by atoms with Crippen molar-refractivity contribution >= 4 is 21.6 Å². The summed E-state index contributed by atoms with van der Waals surface area (Å²) >= 11 is 0. The van der Waals surface area contributed by atoms with E-state index in [2.05, 4.69) is 11.4 Å². The third kappa shape index (κ3) is 4.64. The van der Waals surface area contributed by atoms with Gasteiger partial charge in [-0.2, -0.15) is 0 Å². The topological polar surface area (TPSA) is 66.5 Å². The minimum atomic E-state index is -3.60. The molecule has 1 amide bonds. The molecule has 2 aromatic carbocycles. The molecule has 0 bridgehead atoms. The number of nitrogens with one attached hydrogen (secondary N) is 1. The Labute approximate surface area is 156 Å². The highest BCUT2D eigenvalue weighted by atomic mass is 32.2. The Kier molecular flexibility index (Phi) is 6.08. The first kappa shape index (κ1) is 20.0. The molecule has 0 aliphatic heterocycles. The van der Waals surface area contributed by atoms with Crippen LogP contribution in [-0.2, 0) is 14.8 Å². The van der Waals surface area contributed by atoms with Gasteiger partial charge < -0.3 is 5.32 Å². The van der Waals surface area contributed by atoms with Crippen LogP contribution in [0.15, 0.2) is 48.5 Å². The second-order valence-corrected chi connectivity index (χ2v) is 8.52. The molecule has 0 fully saturated rings. The quantitative estimate of drug-likeness (QED) is 0.843. The normalized spacial score (nSPS) is 13.7. The second kappa shape index (κ2) is 7.91. The van der Waals surface area contributed by atoms with Gasteiger partial charge in [0, 0.05) is 0 Å². The zero-order valence-corrected chi connectivity index (χ0v) is 16.7. The van der Waals surface area contributed by atoms with Crippen molar-refractivity contribution in [2.75, 3.05) is 10.6 Å². The number of nitrogens with zero attached hydrogens (tertiary/aromatic N) is 1. The maximum atomic E-state index is 12.7. The van der Waals surface area contributed by atoms with Gasteiger partial charge in [0.2, 0.25) is 15.9 Å². The van der Waals surface area contributed by atoms with Crippen molar-refractivity contribution in [3.8, 4) is 0 Å². The van der Waals surface area contributed by atoms with Crippen LogP contribution in [0.2, 0.25) is 0 Å². The largest absolute Gasteiger partial charge is 0.348 e. The molecular formula is C20H26N2O3S. The van der Waals surface area contributed by atoms with Crippen LogP contribution >= 0.6 is 0 Å². The Bertz CT molecular complexity index is 879. The van der Waals surface area contributed by atoms with Gasteiger partial charge in [-0.15, -0.1) is 0 Å². The molecule has 26 heavy (non-hydrogen) atoms. The zero-order valence-electron chi connectivity index (χ0n) is 15.9. The highest BCUT2D eigenvalue weighted by Crippen LogP contribution is 2.22. The second-order valence-electron chi connectivity index (χ2n) is 6.66. The number of para-hydroxylation sites is 1. The van der Waals surface area contributed by atoms with Crippen LogP contribution in [0.3, 0.4) is 0 Å². The van der Waals surface area contributed by atoms with E-state index in [1.165, 1.54) is 0 Å². The molecule has 2 aromatic rings. The average Bonchev–Trinajstić information content (AvgIpc) is 2.54. The molecule has 1 N–H and O–H groups in total. The van der Waals surface area contributed by atoms with Gasteiger partial charge in [0.25, 0.3) is 0 Å². The summed E-state index contributed by atoms with van der Waals surface area (Å²) in [4.78, 5) is 12.7. The molecule has 0 saturated heterocycles. The molecule has 0 aliphatic rings. The molecule has 0 radical (unpaired) electrons. The van der Waals surface area contributed by atoms with E-state index in [1.807, 2.05) is 32.9 Å². The highest BCUT2D eigenvalue weighted by molar-refractivity contribution is 7.92. The van der Waals surface area contributed by atoms with Crippen LogP contribution in [-0.4, -0.2) is 26.6 Å². The summed E-state index contributed by atoms with van der Waals surface area (Å²) in [6.45, 7) is 7.51. The minimum Gasteiger partial charge on any atom is -0.348 e. The van der Waals surface area contributed by atoms with Gasteiger partial charge in [-0.1, -0.05) is 42.0 Å². The molecule has 0 saturated carbocycles. The Hall–Kier alpha value is -2.34. The molecule has 0 spiro atoms. The van der Waals surface area contributed by atoms with E-state index in [0.29, 0.717) is 5.69 Å². The number of hydrogen-bond donors (Lipinski definition) is 1. The smallest absolute Gasteiger partial charge is 0.244 e. The molecule has 2 atom stereocenters. The number of amides is 1. The number of aryl methyl sites for hydroxylation is 2. The third-order valence-electron chi connectivity index (χ3n) is 4.35. The first-order chi connectivity index (χ1) is 12.1. The summed E-state index contributed by atoms with van der Waals surface area (Å²) < 4.78 is 25.7. The van der Waals surface area contributed by atoms with E-state index in [4.69, 9.17) is 0 Å². The maximum Gasteiger partial charge on any atom is 0.244 e. The van der Waals surface area contributed by atoms with Gasteiger partial charge in [-0.3, -0.25) is 9.10 Å². The zero-order chi connectivity index (χ0) is 19.5. The average molecular weight is 375 g/mol. The first-order valence-electron chi connectivity index (χ1n) is 8.53. The van der Waals surface area contributed by atoms with E-state index in [0.717, 1.165) is 27.3 Å². The summed E-state index contributed by atoms with van der Waals surface area (Å²) in [7, 11) is -3.60. The lowest BCUT2D eigenvalue weighted by Gasteiger charge is -2.29.